The van der Waals surface area contributed by atoms with Crippen molar-refractivity contribution in [1.29, 1.82) is 0 Å². The maximum atomic E-state index is 2.75. The topological polar surface area (TPSA) is 4.93 Å². The van der Waals surface area contributed by atoms with Crippen LogP contribution in [0.1, 0.15) is 59.7 Å². The van der Waals surface area contributed by atoms with Crippen molar-refractivity contribution in [3.8, 4) is 11.3 Å². The second-order valence-corrected chi connectivity index (χ2v) is 15.4. The van der Waals surface area contributed by atoms with E-state index in [1.807, 2.05) is 3.28 Å². The zero-order valence-corrected chi connectivity index (χ0v) is 24.2. The molecule has 0 aliphatic heterocycles. The molecule has 1 unspecified atom stereocenters. The summed E-state index contributed by atoms with van der Waals surface area (Å²) in [5.74, 6) is 3.11. The van der Waals surface area contributed by atoms with Gasteiger partial charge in [-0.25, -0.2) is 0 Å². The van der Waals surface area contributed by atoms with Crippen molar-refractivity contribution in [3.05, 3.63) is 80.7 Å². The smallest absolute Gasteiger partial charge is 1.00 e. The van der Waals surface area contributed by atoms with Crippen LogP contribution in [0, 0.1) is 23.2 Å². The summed E-state index contributed by atoms with van der Waals surface area (Å²) in [4.78, 5) is 0. The molecule has 0 amide bonds. The van der Waals surface area contributed by atoms with Crippen molar-refractivity contribution >= 4 is 10.9 Å². The molecule has 1 aromatic heterocycles. The van der Waals surface area contributed by atoms with Crippen molar-refractivity contribution in [2.45, 2.75) is 48.6 Å². The van der Waals surface area contributed by atoms with Gasteiger partial charge in [0.1, 0.15) is 0 Å². The number of hydrogen-bond donors (Lipinski definition) is 0. The molecule has 0 N–H and O–H groups in total. The second-order valence-electron chi connectivity index (χ2n) is 11.7. The fraction of sp³-hybridized carbons (Fsp3) is 0.419. The van der Waals surface area contributed by atoms with Gasteiger partial charge in [0.2, 0.25) is 0 Å². The fourth-order valence-electron chi connectivity index (χ4n) is 8.96. The van der Waals surface area contributed by atoms with Crippen LogP contribution in [0.15, 0.2) is 69.5 Å². The molecule has 3 aromatic rings. The minimum atomic E-state index is -0.789. The number of fused-ring (bicyclic) bond motifs is 5. The summed E-state index contributed by atoms with van der Waals surface area (Å²) in [7, 11) is 2.27. The summed E-state index contributed by atoms with van der Waals surface area (Å²) < 4.78 is 4.96. The molecule has 6 aliphatic rings. The number of nitrogens with zero attached hydrogens (tertiary/aromatic N) is 1. The number of para-hydroxylation sites is 1. The molecular weight excluding hydrogens is 548 g/mol. The van der Waals surface area contributed by atoms with Gasteiger partial charge in [0.05, 0.1) is 0 Å². The van der Waals surface area contributed by atoms with Crippen LogP contribution >= 0.6 is 0 Å². The first-order chi connectivity index (χ1) is 16.2. The van der Waals surface area contributed by atoms with Crippen LogP contribution in [-0.4, -0.2) is 4.57 Å². The van der Waals surface area contributed by atoms with E-state index in [-0.39, 0.29) is 24.8 Å². The number of hydrogen-bond acceptors (Lipinski definition) is 0. The van der Waals surface area contributed by atoms with Gasteiger partial charge in [0.15, 0.2) is 0 Å². The Morgan fingerprint density at radius 3 is 2.26 bits per heavy atom. The molecule has 6 aliphatic carbocycles. The fourth-order valence-corrected chi connectivity index (χ4v) is 13.1. The average molecular weight is 580 g/mol. The van der Waals surface area contributed by atoms with Crippen molar-refractivity contribution < 1.29 is 48.0 Å². The minimum absolute atomic E-state index is 0. The Morgan fingerprint density at radius 1 is 0.857 bits per heavy atom. The summed E-state index contributed by atoms with van der Waals surface area (Å²) in [5.41, 5.74) is 9.98. The largest absolute Gasteiger partial charge is 1.00 e. The molecule has 4 fully saturated rings. The van der Waals surface area contributed by atoms with E-state index in [0.717, 1.165) is 17.8 Å². The first-order valence-corrected chi connectivity index (χ1v) is 15.7. The van der Waals surface area contributed by atoms with Gasteiger partial charge in [-0.1, -0.05) is 0 Å². The van der Waals surface area contributed by atoms with Crippen LogP contribution in [0.4, 0.5) is 0 Å². The van der Waals surface area contributed by atoms with Gasteiger partial charge < -0.3 is 24.8 Å². The van der Waals surface area contributed by atoms with Crippen molar-refractivity contribution in [2.24, 2.45) is 30.2 Å². The predicted octanol–water partition coefficient (Wildman–Crippen LogP) is 1.77. The van der Waals surface area contributed by atoms with Gasteiger partial charge in [-0.2, -0.15) is 0 Å². The van der Waals surface area contributed by atoms with Gasteiger partial charge >= 0.3 is 209 Å². The molecule has 178 valence electrons. The van der Waals surface area contributed by atoms with E-state index in [1.165, 1.54) is 47.8 Å². The quantitative estimate of drug-likeness (QED) is 0.446. The molecule has 0 radical (unpaired) electrons. The Balaban J connectivity index is 0.00000114. The van der Waals surface area contributed by atoms with E-state index in [9.17, 15) is 0 Å². The molecule has 1 heterocycles. The van der Waals surface area contributed by atoms with Crippen LogP contribution in [0.25, 0.3) is 22.2 Å². The monoisotopic (exact) mass is 577 g/mol. The molecule has 1 atom stereocenters. The van der Waals surface area contributed by atoms with Crippen LogP contribution in [0.2, 0.25) is 0 Å². The number of benzene rings is 2. The molecule has 4 bridgehead atoms. The SMILES string of the molecule is Cn1c2c(c3ccccc31)[CH]([Zr+2][C]1=CC(C34CC5CC(CC(C5)C3)C4)=CC1)c1ccccc1-2.[Cl-].[Cl-]. The number of rotatable bonds is 3. The molecule has 4 heteroatoms. The van der Waals surface area contributed by atoms with Gasteiger partial charge in [0.25, 0.3) is 0 Å². The Bertz CT molecular complexity index is 1340. The van der Waals surface area contributed by atoms with Crippen LogP contribution in [0.3, 0.4) is 0 Å². The van der Waals surface area contributed by atoms with Crippen LogP contribution in [-0.2, 0) is 30.3 Å². The molecule has 35 heavy (non-hydrogen) atoms. The van der Waals surface area contributed by atoms with E-state index in [0.29, 0.717) is 9.04 Å². The Morgan fingerprint density at radius 2 is 1.51 bits per heavy atom. The Kier molecular flexibility index (Phi) is 6.07. The Hall–Kier alpha value is -1.08. The van der Waals surface area contributed by atoms with Crippen LogP contribution in [0.5, 0.6) is 0 Å². The maximum absolute atomic E-state index is 2.75. The predicted molar refractivity (Wildman–Crippen MR) is 132 cm³/mol. The van der Waals surface area contributed by atoms with Crippen molar-refractivity contribution in [3.63, 3.8) is 0 Å². The van der Waals surface area contributed by atoms with Gasteiger partial charge in [-0.05, 0) is 0 Å². The van der Waals surface area contributed by atoms with E-state index in [2.05, 4.69) is 72.3 Å². The summed E-state index contributed by atoms with van der Waals surface area (Å²) in [5, 5.41) is 1.49. The first kappa shape index (κ1) is 24.3. The Labute approximate surface area is 232 Å². The normalized spacial score (nSPS) is 31.2. The third-order valence-corrected chi connectivity index (χ3v) is 13.8. The molecule has 1 nitrogen and oxygen atoms in total. The van der Waals surface area contributed by atoms with E-state index in [4.69, 9.17) is 0 Å². The molecule has 0 saturated heterocycles. The first-order valence-electron chi connectivity index (χ1n) is 13.0. The zero-order chi connectivity index (χ0) is 21.7. The third-order valence-electron chi connectivity index (χ3n) is 9.81. The molecule has 9 rings (SSSR count). The summed E-state index contributed by atoms with van der Waals surface area (Å²) in [6.07, 6.45) is 15.8. The molecule has 4 saturated carbocycles. The molecule has 0 spiro atoms. The number of allylic oxidation sites excluding steroid dienone is 4. The minimum Gasteiger partial charge on any atom is -1.00 e. The number of halogens is 2. The number of aromatic nitrogens is 1. The van der Waals surface area contributed by atoms with Crippen LogP contribution < -0.4 is 24.8 Å². The second kappa shape index (κ2) is 8.75. The van der Waals surface area contributed by atoms with Gasteiger partial charge in [-0.3, -0.25) is 0 Å². The van der Waals surface area contributed by atoms with Gasteiger partial charge in [0, 0.05) is 0 Å². The van der Waals surface area contributed by atoms with E-state index < -0.39 is 23.2 Å². The third kappa shape index (κ3) is 3.49. The molecular formula is C31H31Cl2NZr. The van der Waals surface area contributed by atoms with Gasteiger partial charge in [-0.15, -0.1) is 0 Å². The summed E-state index contributed by atoms with van der Waals surface area (Å²) in [6.45, 7) is 0. The summed E-state index contributed by atoms with van der Waals surface area (Å²) >= 11 is -0.789. The van der Waals surface area contributed by atoms with Crippen molar-refractivity contribution in [1.82, 2.24) is 4.57 Å². The zero-order valence-electron chi connectivity index (χ0n) is 20.2. The maximum Gasteiger partial charge on any atom is -1.00 e. The summed E-state index contributed by atoms with van der Waals surface area (Å²) in [6, 6.07) is 18.4. The van der Waals surface area contributed by atoms with E-state index >= 15 is 0 Å². The van der Waals surface area contributed by atoms with E-state index in [1.54, 1.807) is 36.0 Å². The number of aryl methyl sites for hydroxylation is 1. The average Bonchev–Trinajstić information content (AvgIpc) is 3.49. The molecule has 2 aromatic carbocycles. The standard InChI is InChI=1S/C16H12N.C15H19.2ClH.Zr/c1-17-15-9-5-4-8-13(15)14-10-11-6-2-3-7-12(11)16(14)17;1-2-4-14(3-1)15-8-11-5-12(9-15)7-13(6-11)10-15;;;/h2-10H,1H3;3-4,11-13H,1,5-10H2;2*1H;/q;;;;+2/p-2. The van der Waals surface area contributed by atoms with Crippen molar-refractivity contribution in [2.75, 3.05) is 0 Å².